The number of aryl methyl sites for hydroxylation is 3. The van der Waals surface area contributed by atoms with Gasteiger partial charge >= 0.3 is 6.18 Å². The maximum absolute atomic E-state index is 13.7. The Morgan fingerprint density at radius 1 is 1.02 bits per heavy atom. The predicted octanol–water partition coefficient (Wildman–Crippen LogP) is 6.11. The first-order valence-electron chi connectivity index (χ1n) is 12.4. The van der Waals surface area contributed by atoms with Gasteiger partial charge in [-0.2, -0.15) is 13.2 Å². The van der Waals surface area contributed by atoms with Crippen LogP contribution in [-0.2, 0) is 12.7 Å². The van der Waals surface area contributed by atoms with E-state index in [0.29, 0.717) is 40.2 Å². The highest BCUT2D eigenvalue weighted by atomic mass is 19.4. The van der Waals surface area contributed by atoms with Crippen LogP contribution in [0.15, 0.2) is 67.4 Å². The van der Waals surface area contributed by atoms with Crippen LogP contribution in [0.4, 0.5) is 24.7 Å². The Bertz CT molecular complexity index is 1820. The van der Waals surface area contributed by atoms with Gasteiger partial charge in [0.1, 0.15) is 17.8 Å². The zero-order valence-electron chi connectivity index (χ0n) is 22.0. The molecular formula is C30H25F3N6O. The lowest BCUT2D eigenvalue weighted by molar-refractivity contribution is -0.137. The lowest BCUT2D eigenvalue weighted by Crippen LogP contribution is -2.15. The van der Waals surface area contributed by atoms with Gasteiger partial charge in [0.05, 0.1) is 16.5 Å². The number of carbonyl (C=O) groups is 1. The van der Waals surface area contributed by atoms with E-state index in [1.54, 1.807) is 41.2 Å². The number of hydrogen-bond acceptors (Lipinski definition) is 4. The minimum Gasteiger partial charge on any atom is -0.383 e. The predicted molar refractivity (Wildman–Crippen MR) is 148 cm³/mol. The van der Waals surface area contributed by atoms with Crippen LogP contribution in [0.5, 0.6) is 0 Å². The Morgan fingerprint density at radius 3 is 2.50 bits per heavy atom. The quantitative estimate of drug-likeness (QED) is 0.268. The molecule has 0 aliphatic carbocycles. The molecule has 5 aromatic rings. The summed E-state index contributed by atoms with van der Waals surface area (Å²) in [4.78, 5) is 21.5. The van der Waals surface area contributed by atoms with Gasteiger partial charge in [0.2, 0.25) is 0 Å². The molecule has 0 aliphatic heterocycles. The second kappa shape index (κ2) is 10.3. The number of amides is 1. The molecule has 5 rings (SSSR count). The van der Waals surface area contributed by atoms with Crippen molar-refractivity contribution in [1.29, 1.82) is 0 Å². The van der Waals surface area contributed by atoms with Gasteiger partial charge in [-0.05, 0) is 68.3 Å². The molecule has 0 aliphatic rings. The average molecular weight is 543 g/mol. The van der Waals surface area contributed by atoms with Crippen LogP contribution in [0.2, 0.25) is 0 Å². The Kier molecular flexibility index (Phi) is 6.81. The topological polar surface area (TPSA) is 90.8 Å². The van der Waals surface area contributed by atoms with Crippen molar-refractivity contribution in [2.45, 2.75) is 33.5 Å². The molecule has 202 valence electrons. The minimum atomic E-state index is -4.62. The maximum Gasteiger partial charge on any atom is 0.416 e. The van der Waals surface area contributed by atoms with Gasteiger partial charge < -0.3 is 20.2 Å². The third-order valence-electron chi connectivity index (χ3n) is 6.50. The highest BCUT2D eigenvalue weighted by Gasteiger charge is 2.32. The molecule has 2 aromatic carbocycles. The van der Waals surface area contributed by atoms with Crippen molar-refractivity contribution in [3.8, 4) is 17.5 Å². The van der Waals surface area contributed by atoms with Crippen LogP contribution in [0.1, 0.15) is 45.1 Å². The summed E-state index contributed by atoms with van der Waals surface area (Å²) in [6, 6.07) is 10.2. The van der Waals surface area contributed by atoms with Gasteiger partial charge in [0.25, 0.3) is 5.91 Å². The molecule has 0 bridgehead atoms. The molecule has 0 saturated carbocycles. The van der Waals surface area contributed by atoms with Gasteiger partial charge in [0, 0.05) is 47.6 Å². The second-order valence-electron chi connectivity index (χ2n) is 9.38. The van der Waals surface area contributed by atoms with Crippen molar-refractivity contribution in [1.82, 2.24) is 19.1 Å². The number of nitrogen functional groups attached to an aromatic ring is 1. The van der Waals surface area contributed by atoms with E-state index in [0.717, 1.165) is 23.3 Å². The van der Waals surface area contributed by atoms with E-state index in [1.165, 1.54) is 12.4 Å². The highest BCUT2D eigenvalue weighted by Crippen LogP contribution is 2.32. The van der Waals surface area contributed by atoms with E-state index in [1.807, 2.05) is 31.5 Å². The zero-order valence-corrected chi connectivity index (χ0v) is 22.0. The standard InChI is InChI=1S/C30H25F3N6O/c1-4-38-16-21(26-27(34)35-17-36-28(26)38)7-6-20-12-24(8-5-19(20)3)37-29(40)22-11-23(30(31,32)33)14-25(13-22)39-10-9-18(2)15-39/h5,8-17H,4H2,1-3H3,(H,37,40)(H2,34,35,36). The van der Waals surface area contributed by atoms with E-state index >= 15 is 0 Å². The summed E-state index contributed by atoms with van der Waals surface area (Å²) < 4.78 is 44.4. The lowest BCUT2D eigenvalue weighted by Gasteiger charge is -2.13. The van der Waals surface area contributed by atoms with Crippen LogP contribution in [0, 0.1) is 25.7 Å². The van der Waals surface area contributed by atoms with Crippen molar-refractivity contribution in [3.05, 3.63) is 101 Å². The fourth-order valence-electron chi connectivity index (χ4n) is 4.37. The summed E-state index contributed by atoms with van der Waals surface area (Å²) in [6.45, 7) is 6.37. The molecule has 1 amide bonds. The molecule has 40 heavy (non-hydrogen) atoms. The monoisotopic (exact) mass is 542 g/mol. The molecular weight excluding hydrogens is 517 g/mol. The molecule has 7 nitrogen and oxygen atoms in total. The summed E-state index contributed by atoms with van der Waals surface area (Å²) >= 11 is 0. The first-order chi connectivity index (χ1) is 19.0. The Hall–Kier alpha value is -5.04. The number of nitrogens with zero attached hydrogens (tertiary/aromatic N) is 4. The lowest BCUT2D eigenvalue weighted by atomic mass is 10.1. The number of aromatic nitrogens is 4. The number of rotatable bonds is 4. The molecule has 10 heteroatoms. The Balaban J connectivity index is 1.47. The molecule has 0 fully saturated rings. The molecule has 3 aromatic heterocycles. The smallest absolute Gasteiger partial charge is 0.383 e. The minimum absolute atomic E-state index is 0.118. The first kappa shape index (κ1) is 26.6. The summed E-state index contributed by atoms with van der Waals surface area (Å²) in [7, 11) is 0. The van der Waals surface area contributed by atoms with Gasteiger partial charge in [-0.15, -0.1) is 0 Å². The van der Waals surface area contributed by atoms with Crippen molar-refractivity contribution in [2.24, 2.45) is 0 Å². The van der Waals surface area contributed by atoms with Gasteiger partial charge in [-0.3, -0.25) is 4.79 Å². The number of halogens is 3. The second-order valence-corrected chi connectivity index (χ2v) is 9.38. The molecule has 3 N–H and O–H groups in total. The normalized spacial score (nSPS) is 11.3. The van der Waals surface area contributed by atoms with Crippen LogP contribution in [0.25, 0.3) is 16.7 Å². The van der Waals surface area contributed by atoms with E-state index < -0.39 is 17.6 Å². The first-order valence-corrected chi connectivity index (χ1v) is 12.4. The largest absolute Gasteiger partial charge is 0.416 e. The van der Waals surface area contributed by atoms with E-state index in [2.05, 4.69) is 27.1 Å². The molecule has 0 atom stereocenters. The van der Waals surface area contributed by atoms with Crippen molar-refractivity contribution in [3.63, 3.8) is 0 Å². The van der Waals surface area contributed by atoms with Crippen LogP contribution in [-0.4, -0.2) is 25.0 Å². The van der Waals surface area contributed by atoms with E-state index in [-0.39, 0.29) is 11.3 Å². The number of nitrogens with one attached hydrogen (secondary N) is 1. The van der Waals surface area contributed by atoms with Crippen LogP contribution >= 0.6 is 0 Å². The number of benzene rings is 2. The van der Waals surface area contributed by atoms with E-state index in [4.69, 9.17) is 5.73 Å². The molecule has 0 spiro atoms. The van der Waals surface area contributed by atoms with Crippen molar-refractivity contribution < 1.29 is 18.0 Å². The molecule has 3 heterocycles. The molecule has 0 unspecified atom stereocenters. The number of alkyl halides is 3. The third-order valence-corrected chi connectivity index (χ3v) is 6.50. The summed E-state index contributed by atoms with van der Waals surface area (Å²) in [5.41, 5.74) is 9.43. The van der Waals surface area contributed by atoms with Crippen molar-refractivity contribution >= 4 is 28.4 Å². The highest BCUT2D eigenvalue weighted by molar-refractivity contribution is 6.05. The van der Waals surface area contributed by atoms with Gasteiger partial charge in [0.15, 0.2) is 0 Å². The maximum atomic E-state index is 13.7. The summed E-state index contributed by atoms with van der Waals surface area (Å²) in [6.07, 6.45) is 2.00. The number of nitrogens with two attached hydrogens (primary N) is 1. The summed E-state index contributed by atoms with van der Waals surface area (Å²) in [5.74, 6) is 5.91. The molecule has 0 saturated heterocycles. The van der Waals surface area contributed by atoms with Gasteiger partial charge in [-0.1, -0.05) is 17.9 Å². The Morgan fingerprint density at radius 2 is 1.80 bits per heavy atom. The van der Waals surface area contributed by atoms with Gasteiger partial charge in [-0.25, -0.2) is 9.97 Å². The average Bonchev–Trinajstić information content (AvgIpc) is 3.52. The SMILES string of the molecule is CCn1cc(C#Cc2cc(NC(=O)c3cc(-n4ccc(C)c4)cc(C(F)(F)F)c3)ccc2C)c2c(N)ncnc21. The fraction of sp³-hybridized carbons (Fsp3) is 0.167. The van der Waals surface area contributed by atoms with E-state index in [9.17, 15) is 18.0 Å². The summed E-state index contributed by atoms with van der Waals surface area (Å²) in [5, 5.41) is 3.38. The third kappa shape index (κ3) is 5.27. The molecule has 0 radical (unpaired) electrons. The number of fused-ring (bicyclic) bond motifs is 1. The van der Waals surface area contributed by atoms with Crippen LogP contribution < -0.4 is 11.1 Å². The zero-order chi connectivity index (χ0) is 28.6. The number of hydrogen-bond donors (Lipinski definition) is 2. The number of carbonyl (C=O) groups excluding carboxylic acids is 1. The fourth-order valence-corrected chi connectivity index (χ4v) is 4.37. The number of anilines is 2. The van der Waals surface area contributed by atoms with Crippen molar-refractivity contribution in [2.75, 3.05) is 11.1 Å². The Labute approximate surface area is 228 Å². The van der Waals surface area contributed by atoms with Crippen LogP contribution in [0.3, 0.4) is 0 Å².